The van der Waals surface area contributed by atoms with Crippen molar-refractivity contribution in [1.82, 2.24) is 10.2 Å². The molecule has 0 saturated heterocycles. The van der Waals surface area contributed by atoms with Gasteiger partial charge >= 0.3 is 5.69 Å². The Morgan fingerprint density at radius 2 is 1.53 bits per heavy atom. The van der Waals surface area contributed by atoms with Crippen LogP contribution in [0, 0.1) is 4.91 Å². The zero-order valence-corrected chi connectivity index (χ0v) is 23.0. The standard InChI is InChI=1S/C26H37N3O5.C2H6/c1-6-18-28(19-7-2)20-10-17-27-25(30)26(3,4)34-24-12-9-8-11-23(24)33-22-15-13-21(14-16-22)29(31)32-5;1-2/h8-9,11-16H,6-7,10,17-20H2,1-5H3;1-2H3/p+1. The topological polar surface area (TPSA) is 80.1 Å². The van der Waals surface area contributed by atoms with Gasteiger partial charge in [0, 0.05) is 18.7 Å². The van der Waals surface area contributed by atoms with E-state index < -0.39 is 5.60 Å². The third kappa shape index (κ3) is 10.2. The van der Waals surface area contributed by atoms with Crippen LogP contribution in [-0.2, 0) is 9.63 Å². The van der Waals surface area contributed by atoms with Crippen LogP contribution in [0.1, 0.15) is 60.8 Å². The minimum Gasteiger partial charge on any atom is -0.474 e. The maximum atomic E-state index is 12.8. The molecule has 2 aromatic rings. The third-order valence-corrected chi connectivity index (χ3v) is 5.22. The number of rotatable bonds is 15. The molecule has 0 saturated carbocycles. The normalized spacial score (nSPS) is 10.8. The van der Waals surface area contributed by atoms with E-state index >= 15 is 0 Å². The molecule has 1 N–H and O–H groups in total. The van der Waals surface area contributed by atoms with E-state index in [4.69, 9.17) is 9.47 Å². The lowest BCUT2D eigenvalue weighted by Gasteiger charge is -2.27. The second-order valence-corrected chi connectivity index (χ2v) is 8.55. The van der Waals surface area contributed by atoms with Gasteiger partial charge in [0.05, 0.1) is 4.91 Å². The Hall–Kier alpha value is -3.13. The van der Waals surface area contributed by atoms with E-state index in [9.17, 15) is 9.70 Å². The molecule has 0 unspecified atom stereocenters. The highest BCUT2D eigenvalue weighted by Gasteiger charge is 2.30. The van der Waals surface area contributed by atoms with Gasteiger partial charge in [0.25, 0.3) is 10.8 Å². The summed E-state index contributed by atoms with van der Waals surface area (Å²) in [6.45, 7) is 15.6. The summed E-state index contributed by atoms with van der Waals surface area (Å²) in [5.41, 5.74) is -0.734. The van der Waals surface area contributed by atoms with Crippen molar-refractivity contribution in [2.24, 2.45) is 0 Å². The molecule has 0 aliphatic carbocycles. The van der Waals surface area contributed by atoms with Gasteiger partial charge in [-0.2, -0.15) is 0 Å². The highest BCUT2D eigenvalue weighted by molar-refractivity contribution is 5.84. The molecule has 0 spiro atoms. The van der Waals surface area contributed by atoms with Crippen molar-refractivity contribution in [2.45, 2.75) is 66.4 Å². The fourth-order valence-electron chi connectivity index (χ4n) is 3.49. The number of hydrogen-bond donors (Lipinski definition) is 1. The molecule has 0 fully saturated rings. The first-order valence-electron chi connectivity index (χ1n) is 12.9. The number of amides is 1. The molecule has 0 radical (unpaired) electrons. The molecular formula is C28H44N3O5+. The van der Waals surface area contributed by atoms with Gasteiger partial charge in [0.2, 0.25) is 0 Å². The van der Waals surface area contributed by atoms with Crippen LogP contribution < -0.4 is 14.8 Å². The maximum Gasteiger partial charge on any atom is 0.317 e. The first-order chi connectivity index (χ1) is 17.3. The van der Waals surface area contributed by atoms with Crippen LogP contribution >= 0.6 is 0 Å². The fourth-order valence-corrected chi connectivity index (χ4v) is 3.49. The molecule has 8 heteroatoms. The second kappa shape index (κ2) is 16.5. The van der Waals surface area contributed by atoms with Gasteiger partial charge in [-0.05, 0) is 77.0 Å². The summed E-state index contributed by atoms with van der Waals surface area (Å²) in [6.07, 6.45) is 3.15. The first kappa shape index (κ1) is 30.9. The predicted octanol–water partition coefficient (Wildman–Crippen LogP) is 6.26. The third-order valence-electron chi connectivity index (χ3n) is 5.22. The predicted molar refractivity (Wildman–Crippen MR) is 144 cm³/mol. The summed E-state index contributed by atoms with van der Waals surface area (Å²) in [4.78, 5) is 31.8. The zero-order valence-electron chi connectivity index (χ0n) is 23.0. The monoisotopic (exact) mass is 502 g/mol. The molecule has 8 nitrogen and oxygen atoms in total. The summed E-state index contributed by atoms with van der Waals surface area (Å²) < 4.78 is 12.0. The number of carbonyl (C=O) groups excluding carboxylic acids is 1. The van der Waals surface area contributed by atoms with Gasteiger partial charge < -0.3 is 19.7 Å². The molecule has 2 rings (SSSR count). The van der Waals surface area contributed by atoms with Gasteiger partial charge in [-0.3, -0.25) is 4.79 Å². The zero-order chi connectivity index (χ0) is 27.0. The molecule has 0 atom stereocenters. The minimum absolute atomic E-state index is 0.181. The molecule has 0 bridgehead atoms. The van der Waals surface area contributed by atoms with E-state index in [2.05, 4.69) is 28.9 Å². The molecule has 0 aliphatic rings. The van der Waals surface area contributed by atoms with Crippen LogP contribution in [0.3, 0.4) is 0 Å². The molecule has 0 aliphatic heterocycles. The Kier molecular flexibility index (Phi) is 14.2. The quantitative estimate of drug-likeness (QED) is 0.229. The average Bonchev–Trinajstić information content (AvgIpc) is 2.88. The minimum atomic E-state index is -1.09. The average molecular weight is 503 g/mol. The van der Waals surface area contributed by atoms with E-state index in [1.165, 1.54) is 7.11 Å². The second-order valence-electron chi connectivity index (χ2n) is 8.55. The Balaban J connectivity index is 0.00000316. The van der Waals surface area contributed by atoms with Crippen LogP contribution in [0.15, 0.2) is 48.5 Å². The molecular weight excluding hydrogens is 458 g/mol. The number of benzene rings is 2. The SMILES string of the molecule is CC.CCCN(CCC)CCCNC(=O)C(C)(C)Oc1ccccc1Oc1ccc([N+](=O)OC)cc1. The first-order valence-corrected chi connectivity index (χ1v) is 12.9. The highest BCUT2D eigenvalue weighted by Crippen LogP contribution is 2.34. The molecule has 1 amide bonds. The smallest absolute Gasteiger partial charge is 0.317 e. The summed E-state index contributed by atoms with van der Waals surface area (Å²) >= 11 is 0. The summed E-state index contributed by atoms with van der Waals surface area (Å²) in [5.74, 6) is 1.26. The van der Waals surface area contributed by atoms with Crippen LogP contribution in [-0.4, -0.2) is 54.6 Å². The van der Waals surface area contributed by atoms with Crippen molar-refractivity contribution in [3.8, 4) is 17.2 Å². The molecule has 2 aromatic carbocycles. The van der Waals surface area contributed by atoms with Crippen molar-refractivity contribution >= 4 is 11.6 Å². The number of nitrogens with one attached hydrogen (secondary N) is 1. The lowest BCUT2D eigenvalue weighted by atomic mass is 10.1. The summed E-state index contributed by atoms with van der Waals surface area (Å²) in [7, 11) is 1.30. The summed E-state index contributed by atoms with van der Waals surface area (Å²) in [6, 6.07) is 13.7. The van der Waals surface area contributed by atoms with Crippen molar-refractivity contribution in [2.75, 3.05) is 33.3 Å². The molecule has 0 aromatic heterocycles. The number of hydrogen-bond acceptors (Lipinski definition) is 6. The van der Waals surface area contributed by atoms with Crippen molar-refractivity contribution < 1.29 is 24.0 Å². The van der Waals surface area contributed by atoms with Crippen LogP contribution in [0.4, 0.5) is 5.69 Å². The Bertz CT molecular complexity index is 910. The lowest BCUT2D eigenvalue weighted by Crippen LogP contribution is -2.47. The van der Waals surface area contributed by atoms with Gasteiger partial charge in [-0.15, -0.1) is 0 Å². The largest absolute Gasteiger partial charge is 0.474 e. The van der Waals surface area contributed by atoms with Crippen molar-refractivity contribution in [3.63, 3.8) is 0 Å². The van der Waals surface area contributed by atoms with Crippen molar-refractivity contribution in [1.29, 1.82) is 0 Å². The van der Waals surface area contributed by atoms with Gasteiger partial charge in [0.15, 0.2) is 24.2 Å². The lowest BCUT2D eigenvalue weighted by molar-refractivity contribution is -0.736. The Morgan fingerprint density at radius 3 is 2.08 bits per heavy atom. The van der Waals surface area contributed by atoms with Crippen LogP contribution in [0.25, 0.3) is 0 Å². The Morgan fingerprint density at radius 1 is 0.944 bits per heavy atom. The van der Waals surface area contributed by atoms with E-state index in [0.717, 1.165) is 38.9 Å². The van der Waals surface area contributed by atoms with Crippen LogP contribution in [0.2, 0.25) is 0 Å². The van der Waals surface area contributed by atoms with Gasteiger partial charge in [-0.25, -0.2) is 4.84 Å². The van der Waals surface area contributed by atoms with Crippen LogP contribution in [0.5, 0.6) is 17.2 Å². The van der Waals surface area contributed by atoms with E-state index in [1.54, 1.807) is 50.2 Å². The molecule has 36 heavy (non-hydrogen) atoms. The number of carbonyl (C=O) groups is 1. The number of nitrogens with zero attached hydrogens (tertiary/aromatic N) is 2. The number of para-hydroxylation sites is 2. The van der Waals surface area contributed by atoms with Gasteiger partial charge in [0.1, 0.15) is 5.75 Å². The number of ether oxygens (including phenoxy) is 2. The maximum absolute atomic E-state index is 12.8. The fraction of sp³-hybridized carbons (Fsp3) is 0.536. The highest BCUT2D eigenvalue weighted by atomic mass is 16.8. The molecule has 0 heterocycles. The Labute approximate surface area is 216 Å². The van der Waals surface area contributed by atoms with E-state index in [0.29, 0.717) is 34.4 Å². The van der Waals surface area contributed by atoms with Gasteiger partial charge in [-0.1, -0.05) is 39.8 Å². The van der Waals surface area contributed by atoms with Crippen molar-refractivity contribution in [3.05, 3.63) is 53.4 Å². The summed E-state index contributed by atoms with van der Waals surface area (Å²) in [5, 5.41) is 3.00. The van der Waals surface area contributed by atoms with E-state index in [-0.39, 0.29) is 5.91 Å². The molecule has 200 valence electrons. The van der Waals surface area contributed by atoms with E-state index in [1.807, 2.05) is 26.0 Å².